The average Bonchev–Trinajstić information content (AvgIpc) is 2.03. The molecule has 0 aromatic rings. The number of hydrogen-bond donors (Lipinski definition) is 3. The number of aliphatic carboxylic acids is 1. The lowest BCUT2D eigenvalue weighted by Crippen LogP contribution is -2.44. The first-order valence-electron chi connectivity index (χ1n) is 3.97. The summed E-state index contributed by atoms with van der Waals surface area (Å²) in [6.07, 6.45) is 1.73. The predicted octanol–water partition coefficient (Wildman–Crippen LogP) is 0.381. The van der Waals surface area contributed by atoms with Gasteiger partial charge in [-0.25, -0.2) is 4.39 Å². The number of carboxylic acid groups (broad SMARTS) is 1. The molecule has 0 aliphatic rings. The molecule has 0 aliphatic carbocycles. The molecule has 0 heterocycles. The van der Waals surface area contributed by atoms with Crippen LogP contribution in [0.1, 0.15) is 19.8 Å². The molecular formula is C8H15FN2O2. The summed E-state index contributed by atoms with van der Waals surface area (Å²) >= 11 is 0. The summed E-state index contributed by atoms with van der Waals surface area (Å²) in [5.74, 6) is -1.53. The first-order chi connectivity index (χ1) is 5.90. The van der Waals surface area contributed by atoms with Crippen LogP contribution in [0.25, 0.3) is 0 Å². The highest BCUT2D eigenvalue weighted by Crippen LogP contribution is 2.10. The number of halogens is 1. The van der Waals surface area contributed by atoms with E-state index in [4.69, 9.17) is 16.6 Å². The lowest BCUT2D eigenvalue weighted by atomic mass is 9.97. The van der Waals surface area contributed by atoms with E-state index in [1.54, 1.807) is 0 Å². The summed E-state index contributed by atoms with van der Waals surface area (Å²) in [5.41, 5.74) is 9.10. The number of carbonyl (C=O) groups is 1. The Morgan fingerprint density at radius 1 is 1.69 bits per heavy atom. The molecule has 5 N–H and O–H groups in total. The molecule has 0 rings (SSSR count). The van der Waals surface area contributed by atoms with Gasteiger partial charge in [0.25, 0.3) is 0 Å². The van der Waals surface area contributed by atoms with Gasteiger partial charge in [0.15, 0.2) is 0 Å². The standard InChI is InChI=1S/C8H15FN2O2/c1-8(11,7(12)13)4-2-3-6(9)5-10/h3H,2,4-5,10-11H2,1H3,(H,12,13)/t8-/m0/s1. The SMILES string of the molecule is C[C@](N)(CCC=C(F)CN)C(=O)O. The number of allylic oxidation sites excluding steroid dienone is 1. The van der Waals surface area contributed by atoms with Crippen molar-refractivity contribution in [1.82, 2.24) is 0 Å². The van der Waals surface area contributed by atoms with Crippen molar-refractivity contribution in [2.24, 2.45) is 11.5 Å². The molecule has 0 amide bonds. The summed E-state index contributed by atoms with van der Waals surface area (Å²) in [4.78, 5) is 10.5. The lowest BCUT2D eigenvalue weighted by molar-refractivity contribution is -0.142. The van der Waals surface area contributed by atoms with Crippen molar-refractivity contribution in [3.8, 4) is 0 Å². The van der Waals surface area contributed by atoms with Crippen LogP contribution in [0.4, 0.5) is 4.39 Å². The maximum atomic E-state index is 12.5. The van der Waals surface area contributed by atoms with Gasteiger partial charge in [-0.05, 0) is 19.8 Å². The Kier molecular flexibility index (Phi) is 4.58. The van der Waals surface area contributed by atoms with Gasteiger partial charge in [-0.2, -0.15) is 0 Å². The number of nitrogens with two attached hydrogens (primary N) is 2. The van der Waals surface area contributed by atoms with Gasteiger partial charge in [-0.1, -0.05) is 6.08 Å². The molecule has 0 radical (unpaired) electrons. The highest BCUT2D eigenvalue weighted by molar-refractivity contribution is 5.77. The first kappa shape index (κ1) is 12.1. The second-order valence-electron chi connectivity index (χ2n) is 3.12. The maximum Gasteiger partial charge on any atom is 0.323 e. The third kappa shape index (κ3) is 4.59. The fraction of sp³-hybridized carbons (Fsp3) is 0.625. The minimum Gasteiger partial charge on any atom is -0.480 e. The topological polar surface area (TPSA) is 89.3 Å². The van der Waals surface area contributed by atoms with Gasteiger partial charge in [0, 0.05) is 6.54 Å². The van der Waals surface area contributed by atoms with Gasteiger partial charge >= 0.3 is 5.97 Å². The molecule has 1 atom stereocenters. The van der Waals surface area contributed by atoms with E-state index in [2.05, 4.69) is 0 Å². The van der Waals surface area contributed by atoms with Crippen molar-refractivity contribution in [1.29, 1.82) is 0 Å². The number of rotatable bonds is 5. The molecule has 0 saturated carbocycles. The van der Waals surface area contributed by atoms with Gasteiger partial charge in [0.1, 0.15) is 11.4 Å². The molecule has 0 saturated heterocycles. The molecule has 76 valence electrons. The second kappa shape index (κ2) is 4.94. The van der Waals surface area contributed by atoms with Crippen molar-refractivity contribution in [2.75, 3.05) is 6.54 Å². The van der Waals surface area contributed by atoms with Crippen LogP contribution in [-0.2, 0) is 4.79 Å². The smallest absolute Gasteiger partial charge is 0.323 e. The molecule has 4 nitrogen and oxygen atoms in total. The van der Waals surface area contributed by atoms with Crippen molar-refractivity contribution in [3.63, 3.8) is 0 Å². The van der Waals surface area contributed by atoms with Gasteiger partial charge in [0.05, 0.1) is 0 Å². The van der Waals surface area contributed by atoms with E-state index in [-0.39, 0.29) is 19.4 Å². The van der Waals surface area contributed by atoms with Crippen LogP contribution in [0, 0.1) is 0 Å². The van der Waals surface area contributed by atoms with Crippen LogP contribution in [0.2, 0.25) is 0 Å². The fourth-order valence-electron chi connectivity index (χ4n) is 0.719. The Labute approximate surface area is 76.4 Å². The summed E-state index contributed by atoms with van der Waals surface area (Å²) in [6, 6.07) is 0. The van der Waals surface area contributed by atoms with E-state index in [1.165, 1.54) is 13.0 Å². The number of hydrogen-bond acceptors (Lipinski definition) is 3. The molecular weight excluding hydrogens is 175 g/mol. The third-order valence-corrected chi connectivity index (χ3v) is 1.71. The monoisotopic (exact) mass is 190 g/mol. The molecule has 0 spiro atoms. The van der Waals surface area contributed by atoms with E-state index >= 15 is 0 Å². The quantitative estimate of drug-likeness (QED) is 0.584. The minimum absolute atomic E-state index is 0.158. The molecule has 0 bridgehead atoms. The van der Waals surface area contributed by atoms with Crippen LogP contribution in [0.15, 0.2) is 11.9 Å². The number of carboxylic acids is 1. The van der Waals surface area contributed by atoms with Crippen LogP contribution in [0.5, 0.6) is 0 Å². The average molecular weight is 190 g/mol. The molecule has 13 heavy (non-hydrogen) atoms. The first-order valence-corrected chi connectivity index (χ1v) is 3.97. The zero-order chi connectivity index (χ0) is 10.5. The van der Waals surface area contributed by atoms with Crippen molar-refractivity contribution in [3.05, 3.63) is 11.9 Å². The summed E-state index contributed by atoms with van der Waals surface area (Å²) in [6.45, 7) is 1.23. The fourth-order valence-corrected chi connectivity index (χ4v) is 0.719. The summed E-state index contributed by atoms with van der Waals surface area (Å²) in [5, 5.41) is 8.60. The Morgan fingerprint density at radius 2 is 2.23 bits per heavy atom. The van der Waals surface area contributed by atoms with E-state index in [0.29, 0.717) is 0 Å². The Morgan fingerprint density at radius 3 is 2.62 bits per heavy atom. The Bertz CT molecular complexity index is 214. The van der Waals surface area contributed by atoms with Gasteiger partial charge in [0.2, 0.25) is 0 Å². The molecule has 0 unspecified atom stereocenters. The highest BCUT2D eigenvalue weighted by Gasteiger charge is 2.26. The minimum atomic E-state index is -1.30. The second-order valence-corrected chi connectivity index (χ2v) is 3.12. The zero-order valence-electron chi connectivity index (χ0n) is 7.59. The maximum absolute atomic E-state index is 12.5. The van der Waals surface area contributed by atoms with Crippen molar-refractivity contribution < 1.29 is 14.3 Å². The molecule has 5 heteroatoms. The zero-order valence-corrected chi connectivity index (χ0v) is 7.59. The van der Waals surface area contributed by atoms with Gasteiger partial charge < -0.3 is 16.6 Å². The normalized spacial score (nSPS) is 16.8. The van der Waals surface area contributed by atoms with Gasteiger partial charge in [-0.15, -0.1) is 0 Å². The Hall–Kier alpha value is -0.940. The summed E-state index contributed by atoms with van der Waals surface area (Å²) < 4.78 is 12.5. The molecule has 0 aromatic carbocycles. The summed E-state index contributed by atoms with van der Waals surface area (Å²) in [7, 11) is 0. The van der Waals surface area contributed by atoms with Crippen LogP contribution in [0.3, 0.4) is 0 Å². The van der Waals surface area contributed by atoms with E-state index in [0.717, 1.165) is 0 Å². The van der Waals surface area contributed by atoms with Gasteiger partial charge in [-0.3, -0.25) is 4.79 Å². The largest absolute Gasteiger partial charge is 0.480 e. The predicted molar refractivity (Wildman–Crippen MR) is 47.7 cm³/mol. The van der Waals surface area contributed by atoms with Crippen molar-refractivity contribution >= 4 is 5.97 Å². The third-order valence-electron chi connectivity index (χ3n) is 1.71. The van der Waals surface area contributed by atoms with E-state index in [9.17, 15) is 9.18 Å². The van der Waals surface area contributed by atoms with Crippen LogP contribution in [-0.4, -0.2) is 23.2 Å². The van der Waals surface area contributed by atoms with Crippen LogP contribution < -0.4 is 11.5 Å². The Balaban J connectivity index is 3.96. The van der Waals surface area contributed by atoms with E-state index in [1.807, 2.05) is 0 Å². The van der Waals surface area contributed by atoms with Crippen molar-refractivity contribution in [2.45, 2.75) is 25.3 Å². The van der Waals surface area contributed by atoms with Crippen LogP contribution >= 0.6 is 0 Å². The lowest BCUT2D eigenvalue weighted by Gasteiger charge is -2.17. The molecule has 0 aromatic heterocycles. The van der Waals surface area contributed by atoms with E-state index < -0.39 is 17.3 Å². The highest BCUT2D eigenvalue weighted by atomic mass is 19.1. The molecule has 0 fully saturated rings. The molecule has 0 aliphatic heterocycles.